The third-order valence-corrected chi connectivity index (χ3v) is 5.16. The van der Waals surface area contributed by atoms with Crippen LogP contribution in [-0.2, 0) is 11.0 Å². The Morgan fingerprint density at radius 3 is 2.57 bits per heavy atom. The Morgan fingerprint density at radius 1 is 1.13 bits per heavy atom. The van der Waals surface area contributed by atoms with Crippen LogP contribution in [0.15, 0.2) is 53.0 Å². The van der Waals surface area contributed by atoms with E-state index in [1.54, 1.807) is 0 Å². The second-order valence-corrected chi connectivity index (χ2v) is 7.01. The summed E-state index contributed by atoms with van der Waals surface area (Å²) < 4.78 is 39.6. The minimum Gasteiger partial charge on any atom is -0.295 e. The van der Waals surface area contributed by atoms with Crippen LogP contribution in [0.5, 0.6) is 0 Å². The highest BCUT2D eigenvalue weighted by atomic mass is 79.9. The Bertz CT molecular complexity index is 750. The molecule has 23 heavy (non-hydrogen) atoms. The lowest BCUT2D eigenvalue weighted by molar-refractivity contribution is -0.137. The van der Waals surface area contributed by atoms with Gasteiger partial charge in [-0.05, 0) is 35.9 Å². The number of rotatable bonds is 2. The van der Waals surface area contributed by atoms with Crippen LogP contribution >= 0.6 is 27.7 Å². The molecule has 0 N–H and O–H groups in total. The summed E-state index contributed by atoms with van der Waals surface area (Å²) in [7, 11) is 0. The van der Waals surface area contributed by atoms with Crippen molar-refractivity contribution in [2.45, 2.75) is 11.6 Å². The molecule has 2 aromatic carbocycles. The van der Waals surface area contributed by atoms with E-state index in [0.29, 0.717) is 0 Å². The maximum Gasteiger partial charge on any atom is 0.416 e. The first-order valence-electron chi connectivity index (χ1n) is 6.72. The van der Waals surface area contributed by atoms with Gasteiger partial charge >= 0.3 is 6.18 Å². The van der Waals surface area contributed by atoms with E-state index in [9.17, 15) is 18.0 Å². The first-order valence-corrected chi connectivity index (χ1v) is 8.57. The van der Waals surface area contributed by atoms with Gasteiger partial charge in [0, 0.05) is 10.2 Å². The Morgan fingerprint density at radius 2 is 1.87 bits per heavy atom. The summed E-state index contributed by atoms with van der Waals surface area (Å²) in [6, 6.07) is 12.3. The van der Waals surface area contributed by atoms with Crippen molar-refractivity contribution < 1.29 is 18.0 Å². The summed E-state index contributed by atoms with van der Waals surface area (Å²) in [6.45, 7) is 0. The van der Waals surface area contributed by atoms with E-state index in [0.717, 1.165) is 22.2 Å². The van der Waals surface area contributed by atoms with Crippen molar-refractivity contribution in [1.29, 1.82) is 0 Å². The molecule has 0 saturated carbocycles. The smallest absolute Gasteiger partial charge is 0.295 e. The second kappa shape index (κ2) is 6.20. The maximum atomic E-state index is 12.9. The topological polar surface area (TPSA) is 20.3 Å². The molecule has 0 radical (unpaired) electrons. The van der Waals surface area contributed by atoms with Crippen molar-refractivity contribution in [3.63, 3.8) is 0 Å². The monoisotopic (exact) mass is 401 g/mol. The fraction of sp³-hybridized carbons (Fsp3) is 0.188. The number of carbonyl (C=O) groups is 1. The van der Waals surface area contributed by atoms with Crippen LogP contribution < -0.4 is 4.90 Å². The van der Waals surface area contributed by atoms with Gasteiger partial charge in [0.15, 0.2) is 0 Å². The highest BCUT2D eigenvalue weighted by molar-refractivity contribution is 9.10. The van der Waals surface area contributed by atoms with Gasteiger partial charge in [-0.1, -0.05) is 34.1 Å². The van der Waals surface area contributed by atoms with E-state index in [1.807, 2.05) is 24.3 Å². The Balaban J connectivity index is 2.01. The average Bonchev–Trinajstić information content (AvgIpc) is 2.88. The van der Waals surface area contributed by atoms with Crippen molar-refractivity contribution in [3.05, 3.63) is 64.1 Å². The number of nitrogens with zero attached hydrogens (tertiary/aromatic N) is 1. The van der Waals surface area contributed by atoms with Gasteiger partial charge in [0.05, 0.1) is 11.3 Å². The number of carbonyl (C=O) groups excluding carboxylic acids is 1. The molecule has 1 saturated heterocycles. The van der Waals surface area contributed by atoms with Gasteiger partial charge in [0.25, 0.3) is 0 Å². The molecule has 1 aliphatic rings. The number of anilines is 1. The summed E-state index contributed by atoms with van der Waals surface area (Å²) in [6.07, 6.45) is -4.43. The van der Waals surface area contributed by atoms with Gasteiger partial charge in [-0.15, -0.1) is 11.8 Å². The van der Waals surface area contributed by atoms with E-state index >= 15 is 0 Å². The SMILES string of the molecule is O=C1CSC(c2cccc(Br)c2)N1c1cccc(C(F)(F)F)c1. The molecule has 1 unspecified atom stereocenters. The zero-order valence-electron chi connectivity index (χ0n) is 11.7. The second-order valence-electron chi connectivity index (χ2n) is 5.03. The zero-order valence-corrected chi connectivity index (χ0v) is 14.1. The summed E-state index contributed by atoms with van der Waals surface area (Å²) in [5.41, 5.74) is 0.375. The van der Waals surface area contributed by atoms with Crippen LogP contribution in [0.2, 0.25) is 0 Å². The minimum absolute atomic E-state index is 0.195. The van der Waals surface area contributed by atoms with Crippen LogP contribution in [0.3, 0.4) is 0 Å². The summed E-state index contributed by atoms with van der Waals surface area (Å²) in [5.74, 6) is 0.0484. The van der Waals surface area contributed by atoms with Crippen molar-refractivity contribution in [2.75, 3.05) is 10.7 Å². The fourth-order valence-electron chi connectivity index (χ4n) is 2.44. The van der Waals surface area contributed by atoms with E-state index in [-0.39, 0.29) is 22.7 Å². The molecule has 120 valence electrons. The molecule has 0 spiro atoms. The minimum atomic E-state index is -4.43. The van der Waals surface area contributed by atoms with E-state index in [4.69, 9.17) is 0 Å². The Kier molecular flexibility index (Phi) is 4.42. The van der Waals surface area contributed by atoms with Gasteiger partial charge in [-0.25, -0.2) is 0 Å². The van der Waals surface area contributed by atoms with Crippen LogP contribution in [0.1, 0.15) is 16.5 Å². The number of thioether (sulfide) groups is 1. The summed E-state index contributed by atoms with van der Waals surface area (Å²) in [4.78, 5) is 13.6. The molecular formula is C16H11BrF3NOS. The molecule has 1 amide bonds. The molecule has 7 heteroatoms. The highest BCUT2D eigenvalue weighted by Gasteiger charge is 2.36. The normalized spacial score (nSPS) is 18.5. The number of alkyl halides is 3. The molecule has 2 aromatic rings. The maximum absolute atomic E-state index is 12.9. The van der Waals surface area contributed by atoms with E-state index in [2.05, 4.69) is 15.9 Å². The molecule has 0 bridgehead atoms. The molecule has 3 rings (SSSR count). The quantitative estimate of drug-likeness (QED) is 0.684. The zero-order chi connectivity index (χ0) is 16.6. The predicted molar refractivity (Wildman–Crippen MR) is 88.3 cm³/mol. The van der Waals surface area contributed by atoms with Gasteiger partial charge in [0.2, 0.25) is 5.91 Å². The molecule has 0 aromatic heterocycles. The van der Waals surface area contributed by atoms with Crippen molar-refractivity contribution in [1.82, 2.24) is 0 Å². The third-order valence-electron chi connectivity index (χ3n) is 3.45. The molecule has 2 nitrogen and oxygen atoms in total. The largest absolute Gasteiger partial charge is 0.416 e. The van der Waals surface area contributed by atoms with Crippen molar-refractivity contribution in [2.24, 2.45) is 0 Å². The number of hydrogen-bond acceptors (Lipinski definition) is 2. The molecule has 1 heterocycles. The van der Waals surface area contributed by atoms with Gasteiger partial charge < -0.3 is 0 Å². The Hall–Kier alpha value is -1.47. The van der Waals surface area contributed by atoms with Crippen LogP contribution in [0.4, 0.5) is 18.9 Å². The number of hydrogen-bond donors (Lipinski definition) is 0. The number of amides is 1. The van der Waals surface area contributed by atoms with E-state index < -0.39 is 11.7 Å². The lowest BCUT2D eigenvalue weighted by atomic mass is 10.1. The lowest BCUT2D eigenvalue weighted by Gasteiger charge is -2.25. The lowest BCUT2D eigenvalue weighted by Crippen LogP contribution is -2.28. The first-order chi connectivity index (χ1) is 10.9. The van der Waals surface area contributed by atoms with Crippen molar-refractivity contribution >= 4 is 39.3 Å². The molecule has 0 aliphatic carbocycles. The van der Waals surface area contributed by atoms with Crippen LogP contribution in [0.25, 0.3) is 0 Å². The number of halogens is 4. The number of benzene rings is 2. The molecule has 1 atom stereocenters. The first kappa shape index (κ1) is 16.4. The molecule has 1 fully saturated rings. The summed E-state index contributed by atoms with van der Waals surface area (Å²) in [5, 5.41) is -0.330. The molecular weight excluding hydrogens is 391 g/mol. The van der Waals surface area contributed by atoms with Crippen LogP contribution in [0, 0.1) is 0 Å². The van der Waals surface area contributed by atoms with Gasteiger partial charge in [0.1, 0.15) is 5.37 Å². The Labute approximate surface area is 143 Å². The van der Waals surface area contributed by atoms with Gasteiger partial charge in [-0.2, -0.15) is 13.2 Å². The van der Waals surface area contributed by atoms with Gasteiger partial charge in [-0.3, -0.25) is 9.69 Å². The molecule has 1 aliphatic heterocycles. The third kappa shape index (κ3) is 3.40. The average molecular weight is 402 g/mol. The predicted octanol–water partition coefficient (Wildman–Crippen LogP) is 5.25. The highest BCUT2D eigenvalue weighted by Crippen LogP contribution is 2.43. The summed E-state index contributed by atoms with van der Waals surface area (Å²) >= 11 is 4.78. The van der Waals surface area contributed by atoms with Crippen LogP contribution in [-0.4, -0.2) is 11.7 Å². The fourth-order valence-corrected chi connectivity index (χ4v) is 4.03. The standard InChI is InChI=1S/C16H11BrF3NOS/c17-12-5-1-3-10(7-12)15-21(14(22)9-23-15)13-6-2-4-11(8-13)16(18,19)20/h1-8,15H,9H2. The van der Waals surface area contributed by atoms with Crippen molar-refractivity contribution in [3.8, 4) is 0 Å². The van der Waals surface area contributed by atoms with E-state index in [1.165, 1.54) is 28.8 Å².